The molecule has 2 fully saturated rings. The molecule has 6 heteroatoms. The predicted molar refractivity (Wildman–Crippen MR) is 92.6 cm³/mol. The van der Waals surface area contributed by atoms with Crippen molar-refractivity contribution >= 4 is 11.6 Å². The zero-order chi connectivity index (χ0) is 16.7. The number of piperidine rings is 1. The summed E-state index contributed by atoms with van der Waals surface area (Å²) >= 11 is 6.30. The van der Waals surface area contributed by atoms with Crippen molar-refractivity contribution in [2.75, 3.05) is 20.1 Å². The molecular weight excluding hydrogens is 327 g/mol. The molecule has 128 valence electrons. The van der Waals surface area contributed by atoms with Gasteiger partial charge in [0.25, 0.3) is 0 Å². The normalized spacial score (nSPS) is 19.8. The van der Waals surface area contributed by atoms with E-state index in [-0.39, 0.29) is 5.82 Å². The number of likely N-dealkylation sites (tertiary alicyclic amines) is 1. The first kappa shape index (κ1) is 16.0. The molecule has 2 aromatic rings. The highest BCUT2D eigenvalue weighted by Gasteiger charge is 2.28. The average molecular weight is 349 g/mol. The second-order valence-corrected chi connectivity index (χ2v) is 7.51. The third-order valence-corrected chi connectivity index (χ3v) is 5.36. The van der Waals surface area contributed by atoms with Crippen LogP contribution in [0.2, 0.25) is 5.02 Å². The van der Waals surface area contributed by atoms with Gasteiger partial charge in [-0.3, -0.25) is 0 Å². The van der Waals surface area contributed by atoms with Crippen LogP contribution in [0.1, 0.15) is 37.5 Å². The molecular formula is C18H22ClFN4. The van der Waals surface area contributed by atoms with Crippen molar-refractivity contribution in [2.24, 2.45) is 5.92 Å². The van der Waals surface area contributed by atoms with Gasteiger partial charge in [-0.15, -0.1) is 0 Å². The van der Waals surface area contributed by atoms with E-state index < -0.39 is 0 Å². The van der Waals surface area contributed by atoms with Crippen LogP contribution in [0.25, 0.3) is 11.4 Å². The number of aromatic nitrogens is 3. The van der Waals surface area contributed by atoms with E-state index in [1.54, 1.807) is 6.07 Å². The lowest BCUT2D eigenvalue weighted by Gasteiger charge is -2.29. The minimum absolute atomic E-state index is 0.327. The summed E-state index contributed by atoms with van der Waals surface area (Å²) < 4.78 is 15.5. The topological polar surface area (TPSA) is 34.0 Å². The summed E-state index contributed by atoms with van der Waals surface area (Å²) in [5.41, 5.74) is 0.770. The first-order valence-corrected chi connectivity index (χ1v) is 9.07. The van der Waals surface area contributed by atoms with Crippen LogP contribution >= 0.6 is 11.6 Å². The van der Waals surface area contributed by atoms with E-state index in [9.17, 15) is 4.39 Å². The summed E-state index contributed by atoms with van der Waals surface area (Å²) in [6.45, 7) is 2.11. The Bertz CT molecular complexity index is 733. The molecule has 0 amide bonds. The lowest BCUT2D eigenvalue weighted by atomic mass is 10.1. The molecule has 1 aromatic carbocycles. The second kappa shape index (κ2) is 6.45. The van der Waals surface area contributed by atoms with Crippen LogP contribution in [0.5, 0.6) is 0 Å². The van der Waals surface area contributed by atoms with Gasteiger partial charge >= 0.3 is 0 Å². The van der Waals surface area contributed by atoms with Crippen molar-refractivity contribution in [2.45, 2.75) is 38.1 Å². The number of nitrogens with zero attached hydrogens (tertiary/aromatic N) is 4. The molecule has 4 nitrogen and oxygen atoms in total. The van der Waals surface area contributed by atoms with Gasteiger partial charge in [0.05, 0.1) is 11.1 Å². The van der Waals surface area contributed by atoms with Gasteiger partial charge < -0.3 is 4.90 Å². The van der Waals surface area contributed by atoms with Gasteiger partial charge in [0.15, 0.2) is 11.6 Å². The summed E-state index contributed by atoms with van der Waals surface area (Å²) in [7, 11) is 2.15. The summed E-state index contributed by atoms with van der Waals surface area (Å²) in [6.07, 6.45) is 5.58. The maximum Gasteiger partial charge on any atom is 0.160 e. The molecule has 0 bridgehead atoms. The molecule has 0 N–H and O–H groups in total. The van der Waals surface area contributed by atoms with Crippen LogP contribution in [0.4, 0.5) is 4.39 Å². The Hall–Kier alpha value is -1.46. The lowest BCUT2D eigenvalue weighted by molar-refractivity contribution is 0.213. The van der Waals surface area contributed by atoms with Crippen LogP contribution in [0.3, 0.4) is 0 Å². The average Bonchev–Trinajstić information content (AvgIpc) is 3.26. The molecule has 0 atom stereocenters. The van der Waals surface area contributed by atoms with Crippen LogP contribution < -0.4 is 0 Å². The zero-order valence-corrected chi connectivity index (χ0v) is 14.6. The highest BCUT2D eigenvalue weighted by Crippen LogP contribution is 2.35. The monoisotopic (exact) mass is 348 g/mol. The van der Waals surface area contributed by atoms with E-state index in [1.165, 1.54) is 25.0 Å². The highest BCUT2D eigenvalue weighted by atomic mass is 35.5. The van der Waals surface area contributed by atoms with Crippen LogP contribution in [-0.2, 0) is 6.42 Å². The van der Waals surface area contributed by atoms with E-state index >= 15 is 0 Å². The van der Waals surface area contributed by atoms with Crippen molar-refractivity contribution in [1.82, 2.24) is 19.7 Å². The van der Waals surface area contributed by atoms with E-state index in [4.69, 9.17) is 21.7 Å². The lowest BCUT2D eigenvalue weighted by Crippen LogP contribution is -2.32. The largest absolute Gasteiger partial charge is 0.306 e. The molecule has 2 heterocycles. The molecule has 1 aliphatic carbocycles. The molecule has 24 heavy (non-hydrogen) atoms. The Morgan fingerprint density at radius 3 is 2.62 bits per heavy atom. The second-order valence-electron chi connectivity index (χ2n) is 7.10. The van der Waals surface area contributed by atoms with E-state index in [2.05, 4.69) is 11.9 Å². The molecule has 2 aliphatic rings. The van der Waals surface area contributed by atoms with Crippen molar-refractivity contribution in [3.63, 3.8) is 0 Å². The fraction of sp³-hybridized carbons (Fsp3) is 0.556. The SMILES string of the molecule is CN1CCC(n2nc(CC3CC3)nc2-c2ccc(F)cc2Cl)CC1. The smallest absolute Gasteiger partial charge is 0.160 e. The Kier molecular flexibility index (Phi) is 4.31. The molecule has 4 rings (SSSR count). The Morgan fingerprint density at radius 2 is 1.96 bits per heavy atom. The van der Waals surface area contributed by atoms with Crippen molar-refractivity contribution in [3.05, 3.63) is 34.9 Å². The minimum Gasteiger partial charge on any atom is -0.306 e. The minimum atomic E-state index is -0.327. The van der Waals surface area contributed by atoms with Gasteiger partial charge in [0.2, 0.25) is 0 Å². The van der Waals surface area contributed by atoms with E-state index in [0.717, 1.165) is 55.5 Å². The molecule has 1 aliphatic heterocycles. The van der Waals surface area contributed by atoms with E-state index in [1.807, 2.05) is 4.68 Å². The van der Waals surface area contributed by atoms with Crippen LogP contribution in [0, 0.1) is 11.7 Å². The van der Waals surface area contributed by atoms with Crippen molar-refractivity contribution in [1.29, 1.82) is 0 Å². The molecule has 0 radical (unpaired) electrons. The zero-order valence-electron chi connectivity index (χ0n) is 13.9. The predicted octanol–water partition coefficient (Wildman–Crippen LogP) is 3.96. The summed E-state index contributed by atoms with van der Waals surface area (Å²) in [4.78, 5) is 7.11. The summed E-state index contributed by atoms with van der Waals surface area (Å²) in [5, 5.41) is 5.21. The molecule has 1 saturated heterocycles. The third-order valence-electron chi connectivity index (χ3n) is 5.05. The quantitative estimate of drug-likeness (QED) is 0.838. The molecule has 1 saturated carbocycles. The van der Waals surface area contributed by atoms with Gasteiger partial charge in [0.1, 0.15) is 5.82 Å². The first-order valence-electron chi connectivity index (χ1n) is 8.69. The fourth-order valence-corrected chi connectivity index (χ4v) is 3.63. The third kappa shape index (κ3) is 3.33. The van der Waals surface area contributed by atoms with Crippen LogP contribution in [0.15, 0.2) is 18.2 Å². The molecule has 0 unspecified atom stereocenters. The maximum absolute atomic E-state index is 13.4. The van der Waals surface area contributed by atoms with Crippen molar-refractivity contribution < 1.29 is 4.39 Å². The summed E-state index contributed by atoms with van der Waals surface area (Å²) in [6, 6.07) is 4.84. The number of halogens is 2. The maximum atomic E-state index is 13.4. The number of hydrogen-bond acceptors (Lipinski definition) is 3. The number of rotatable bonds is 4. The van der Waals surface area contributed by atoms with Gasteiger partial charge in [-0.1, -0.05) is 11.6 Å². The molecule has 1 aromatic heterocycles. The van der Waals surface area contributed by atoms with Gasteiger partial charge in [-0.2, -0.15) is 5.10 Å². The van der Waals surface area contributed by atoms with Gasteiger partial charge in [0, 0.05) is 12.0 Å². The summed E-state index contributed by atoms with van der Waals surface area (Å²) in [5.74, 6) is 2.08. The Morgan fingerprint density at radius 1 is 1.21 bits per heavy atom. The highest BCUT2D eigenvalue weighted by molar-refractivity contribution is 6.33. The Labute approximate surface area is 146 Å². The number of hydrogen-bond donors (Lipinski definition) is 0. The van der Waals surface area contributed by atoms with Crippen LogP contribution in [-0.4, -0.2) is 39.8 Å². The van der Waals surface area contributed by atoms with Crippen molar-refractivity contribution in [3.8, 4) is 11.4 Å². The fourth-order valence-electron chi connectivity index (χ4n) is 3.38. The molecule has 0 spiro atoms. The van der Waals surface area contributed by atoms with Gasteiger partial charge in [-0.25, -0.2) is 14.1 Å². The number of benzene rings is 1. The Balaban J connectivity index is 1.71. The first-order chi connectivity index (χ1) is 11.6. The van der Waals surface area contributed by atoms with Gasteiger partial charge in [-0.05, 0) is 69.9 Å². The standard InChI is InChI=1S/C18H22ClFN4/c1-23-8-6-14(7-9-23)24-18(15-5-4-13(20)11-16(15)19)21-17(22-24)10-12-2-3-12/h4-5,11-12,14H,2-3,6-10H2,1H3. The van der Waals surface area contributed by atoms with E-state index in [0.29, 0.717) is 11.1 Å².